The lowest BCUT2D eigenvalue weighted by molar-refractivity contribution is -0.130. The summed E-state index contributed by atoms with van der Waals surface area (Å²) in [7, 11) is 0. The molecule has 0 aliphatic carbocycles. The Hall–Kier alpha value is -0.910. The molecule has 1 amide bonds. The molecule has 1 N–H and O–H groups in total. The van der Waals surface area contributed by atoms with Crippen LogP contribution in [0.15, 0.2) is 28.7 Å². The van der Waals surface area contributed by atoms with Crippen LogP contribution in [0, 0.1) is 0 Å². The van der Waals surface area contributed by atoms with Crippen molar-refractivity contribution in [1.82, 2.24) is 9.80 Å². The number of piperazine rings is 1. The van der Waals surface area contributed by atoms with E-state index in [4.69, 9.17) is 0 Å². The highest BCUT2D eigenvalue weighted by atomic mass is 79.9. The number of benzene rings is 1. The molecule has 1 saturated heterocycles. The molecular weight excluding hydrogens is 308 g/mol. The lowest BCUT2D eigenvalue weighted by Crippen LogP contribution is -2.48. The van der Waals surface area contributed by atoms with Crippen LogP contribution in [0.5, 0.6) is 0 Å². The molecule has 19 heavy (non-hydrogen) atoms. The van der Waals surface area contributed by atoms with Gasteiger partial charge in [-0.15, -0.1) is 0 Å². The number of nitrogens with zero attached hydrogens (tertiary/aromatic N) is 2. The molecule has 4 nitrogen and oxygen atoms in total. The van der Waals surface area contributed by atoms with Crippen LogP contribution >= 0.6 is 15.9 Å². The number of hydrogen-bond donors (Lipinski definition) is 1. The van der Waals surface area contributed by atoms with Crippen LogP contribution in [0.4, 0.5) is 0 Å². The second-order valence-electron chi connectivity index (χ2n) is 4.88. The SMILES string of the molecule is CC(=O)N1CCN(CC(O)c2cccc(Br)c2)CC1. The summed E-state index contributed by atoms with van der Waals surface area (Å²) >= 11 is 3.41. The van der Waals surface area contributed by atoms with E-state index in [1.54, 1.807) is 6.92 Å². The van der Waals surface area contributed by atoms with Gasteiger partial charge in [0.05, 0.1) is 6.10 Å². The Morgan fingerprint density at radius 2 is 2.05 bits per heavy atom. The fraction of sp³-hybridized carbons (Fsp3) is 0.500. The second-order valence-corrected chi connectivity index (χ2v) is 5.79. The fourth-order valence-electron chi connectivity index (χ4n) is 2.31. The number of carbonyl (C=O) groups is 1. The quantitative estimate of drug-likeness (QED) is 0.918. The van der Waals surface area contributed by atoms with Gasteiger partial charge in [0.1, 0.15) is 0 Å². The van der Waals surface area contributed by atoms with Crippen LogP contribution in [0.1, 0.15) is 18.6 Å². The Bertz CT molecular complexity index is 445. The van der Waals surface area contributed by atoms with Gasteiger partial charge in [-0.1, -0.05) is 28.1 Å². The zero-order chi connectivity index (χ0) is 13.8. The molecule has 1 aliphatic rings. The molecule has 0 radical (unpaired) electrons. The summed E-state index contributed by atoms with van der Waals surface area (Å²) in [5, 5.41) is 10.2. The number of rotatable bonds is 3. The number of carbonyl (C=O) groups excluding carboxylic acids is 1. The molecule has 0 aromatic heterocycles. The van der Waals surface area contributed by atoms with Gasteiger partial charge >= 0.3 is 0 Å². The maximum absolute atomic E-state index is 11.2. The molecule has 1 heterocycles. The number of halogens is 1. The second kappa shape index (κ2) is 6.50. The van der Waals surface area contributed by atoms with Crippen molar-refractivity contribution in [2.75, 3.05) is 32.7 Å². The Balaban J connectivity index is 1.87. The summed E-state index contributed by atoms with van der Waals surface area (Å²) in [5.74, 6) is 0.132. The number of hydrogen-bond acceptors (Lipinski definition) is 3. The Morgan fingerprint density at radius 3 is 2.63 bits per heavy atom. The van der Waals surface area contributed by atoms with Crippen LogP contribution < -0.4 is 0 Å². The summed E-state index contributed by atoms with van der Waals surface area (Å²) in [6.45, 7) is 5.37. The molecule has 1 aromatic carbocycles. The van der Waals surface area contributed by atoms with E-state index in [1.807, 2.05) is 29.2 Å². The molecule has 0 bridgehead atoms. The van der Waals surface area contributed by atoms with Crippen molar-refractivity contribution < 1.29 is 9.90 Å². The van der Waals surface area contributed by atoms with Crippen molar-refractivity contribution >= 4 is 21.8 Å². The third-order valence-corrected chi connectivity index (χ3v) is 3.98. The fourth-order valence-corrected chi connectivity index (χ4v) is 2.73. The molecule has 1 unspecified atom stereocenters. The maximum Gasteiger partial charge on any atom is 0.219 e. The largest absolute Gasteiger partial charge is 0.387 e. The summed E-state index contributed by atoms with van der Waals surface area (Å²) < 4.78 is 0.977. The van der Waals surface area contributed by atoms with Gasteiger partial charge in [-0.05, 0) is 17.7 Å². The van der Waals surface area contributed by atoms with E-state index < -0.39 is 6.10 Å². The highest BCUT2D eigenvalue weighted by molar-refractivity contribution is 9.10. The van der Waals surface area contributed by atoms with Gasteiger partial charge in [0, 0.05) is 44.1 Å². The first-order chi connectivity index (χ1) is 9.06. The minimum Gasteiger partial charge on any atom is -0.387 e. The first kappa shape index (κ1) is 14.5. The molecule has 1 aliphatic heterocycles. The molecule has 0 spiro atoms. The highest BCUT2D eigenvalue weighted by Gasteiger charge is 2.21. The molecule has 0 saturated carbocycles. The van der Waals surface area contributed by atoms with E-state index in [-0.39, 0.29) is 5.91 Å². The average molecular weight is 327 g/mol. The minimum atomic E-state index is -0.485. The lowest BCUT2D eigenvalue weighted by atomic mass is 10.1. The third-order valence-electron chi connectivity index (χ3n) is 3.48. The van der Waals surface area contributed by atoms with Gasteiger partial charge in [-0.3, -0.25) is 9.69 Å². The van der Waals surface area contributed by atoms with Crippen LogP contribution in [-0.4, -0.2) is 53.5 Å². The molecule has 1 atom stereocenters. The summed E-state index contributed by atoms with van der Waals surface area (Å²) in [6.07, 6.45) is -0.485. The van der Waals surface area contributed by atoms with Crippen molar-refractivity contribution in [2.45, 2.75) is 13.0 Å². The molecular formula is C14H19BrN2O2. The summed E-state index contributed by atoms with van der Waals surface area (Å²) in [5.41, 5.74) is 0.920. The number of aliphatic hydroxyl groups excluding tert-OH is 1. The average Bonchev–Trinajstić information content (AvgIpc) is 2.39. The van der Waals surface area contributed by atoms with Gasteiger partial charge < -0.3 is 10.0 Å². The lowest BCUT2D eigenvalue weighted by Gasteiger charge is -2.35. The van der Waals surface area contributed by atoms with Crippen molar-refractivity contribution in [2.24, 2.45) is 0 Å². The van der Waals surface area contributed by atoms with Crippen molar-refractivity contribution in [3.63, 3.8) is 0 Å². The molecule has 2 rings (SSSR count). The Labute approximate surface area is 122 Å². The van der Waals surface area contributed by atoms with E-state index in [1.165, 1.54) is 0 Å². The number of β-amino-alcohol motifs (C(OH)–C–C–N with tert-alkyl or cyclic N) is 1. The van der Waals surface area contributed by atoms with Crippen LogP contribution in [0.2, 0.25) is 0 Å². The van der Waals surface area contributed by atoms with Gasteiger partial charge in [0.25, 0.3) is 0 Å². The third kappa shape index (κ3) is 4.03. The van der Waals surface area contributed by atoms with E-state index in [9.17, 15) is 9.90 Å². The van der Waals surface area contributed by atoms with Crippen molar-refractivity contribution in [1.29, 1.82) is 0 Å². The topological polar surface area (TPSA) is 43.8 Å². The van der Waals surface area contributed by atoms with Gasteiger partial charge in [0.15, 0.2) is 0 Å². The Kier molecular flexibility index (Phi) is 4.96. The van der Waals surface area contributed by atoms with E-state index in [0.29, 0.717) is 6.54 Å². The Morgan fingerprint density at radius 1 is 1.37 bits per heavy atom. The van der Waals surface area contributed by atoms with E-state index >= 15 is 0 Å². The zero-order valence-electron chi connectivity index (χ0n) is 11.1. The standard InChI is InChI=1S/C14H19BrN2O2/c1-11(18)17-7-5-16(6-8-17)10-14(19)12-3-2-4-13(15)9-12/h2-4,9,14,19H,5-8,10H2,1H3. The predicted molar refractivity (Wildman–Crippen MR) is 77.8 cm³/mol. The van der Waals surface area contributed by atoms with E-state index in [0.717, 1.165) is 36.2 Å². The normalized spacial score (nSPS) is 18.4. The monoisotopic (exact) mass is 326 g/mol. The van der Waals surface area contributed by atoms with Crippen molar-refractivity contribution in [3.8, 4) is 0 Å². The van der Waals surface area contributed by atoms with Gasteiger partial charge in [-0.2, -0.15) is 0 Å². The molecule has 104 valence electrons. The summed E-state index contributed by atoms with van der Waals surface area (Å²) in [6, 6.07) is 7.75. The summed E-state index contributed by atoms with van der Waals surface area (Å²) in [4.78, 5) is 15.3. The minimum absolute atomic E-state index is 0.132. The predicted octanol–water partition coefficient (Wildman–Crippen LogP) is 1.65. The first-order valence-electron chi connectivity index (χ1n) is 6.47. The van der Waals surface area contributed by atoms with Crippen LogP contribution in [-0.2, 0) is 4.79 Å². The number of amides is 1. The smallest absolute Gasteiger partial charge is 0.219 e. The molecule has 5 heteroatoms. The van der Waals surface area contributed by atoms with Crippen LogP contribution in [0.25, 0.3) is 0 Å². The van der Waals surface area contributed by atoms with E-state index in [2.05, 4.69) is 20.8 Å². The molecule has 1 fully saturated rings. The molecule has 1 aromatic rings. The number of aliphatic hydroxyl groups is 1. The van der Waals surface area contributed by atoms with Crippen molar-refractivity contribution in [3.05, 3.63) is 34.3 Å². The highest BCUT2D eigenvalue weighted by Crippen LogP contribution is 2.19. The van der Waals surface area contributed by atoms with Crippen LogP contribution in [0.3, 0.4) is 0 Å². The zero-order valence-corrected chi connectivity index (χ0v) is 12.6. The first-order valence-corrected chi connectivity index (χ1v) is 7.27. The van der Waals surface area contributed by atoms with Gasteiger partial charge in [0.2, 0.25) is 5.91 Å². The van der Waals surface area contributed by atoms with Gasteiger partial charge in [-0.25, -0.2) is 0 Å². The maximum atomic E-state index is 11.2.